The van der Waals surface area contributed by atoms with Crippen molar-refractivity contribution < 1.29 is 23.8 Å². The van der Waals surface area contributed by atoms with Gasteiger partial charge in [0.2, 0.25) is 5.91 Å². The van der Waals surface area contributed by atoms with Crippen molar-refractivity contribution in [3.8, 4) is 5.75 Å². The van der Waals surface area contributed by atoms with Crippen molar-refractivity contribution in [1.29, 1.82) is 0 Å². The number of hydrogen-bond donors (Lipinski definition) is 2. The molecule has 1 heterocycles. The van der Waals surface area contributed by atoms with Gasteiger partial charge in [0.15, 0.2) is 8.03 Å². The lowest BCUT2D eigenvalue weighted by molar-refractivity contribution is -0.131. The summed E-state index contributed by atoms with van der Waals surface area (Å²) < 4.78 is 17.6. The van der Waals surface area contributed by atoms with E-state index >= 15 is 0 Å². The normalized spacial score (nSPS) is 13.3. The molecule has 0 aliphatic carbocycles. The summed E-state index contributed by atoms with van der Waals surface area (Å²) in [7, 11) is -2.90. The molecule has 2 atom stereocenters. The number of esters is 1. The van der Waals surface area contributed by atoms with Crippen LogP contribution in [0.25, 0.3) is 16.2 Å². The second-order valence-corrected chi connectivity index (χ2v) is 9.00. The van der Waals surface area contributed by atoms with Gasteiger partial charge in [0.1, 0.15) is 5.75 Å². The van der Waals surface area contributed by atoms with Gasteiger partial charge in [0.25, 0.3) is 0 Å². The molecule has 6 nitrogen and oxygen atoms in total. The number of para-hydroxylation sites is 1. The monoisotopic (exact) mass is 463 g/mol. The number of amides is 1. The second kappa shape index (κ2) is 10.0. The second-order valence-electron chi connectivity index (χ2n) is 6.46. The first kappa shape index (κ1) is 22.2. The molecule has 9 heteroatoms. The Morgan fingerprint density at radius 1 is 1.30 bits per heavy atom. The topological polar surface area (TPSA) is 92.7 Å². The molecule has 0 spiro atoms. The van der Waals surface area contributed by atoms with Crippen LogP contribution in [-0.4, -0.2) is 22.9 Å². The Morgan fingerprint density at radius 2 is 2.07 bits per heavy atom. The van der Waals surface area contributed by atoms with Gasteiger partial charge in [-0.1, -0.05) is 29.8 Å². The van der Waals surface area contributed by atoms with E-state index in [9.17, 15) is 19.0 Å². The zero-order chi connectivity index (χ0) is 21.7. The van der Waals surface area contributed by atoms with Gasteiger partial charge in [0.05, 0.1) is 5.92 Å². The van der Waals surface area contributed by atoms with Crippen molar-refractivity contribution in [1.82, 2.24) is 5.32 Å². The molecule has 0 saturated heterocycles. The lowest BCUT2D eigenvalue weighted by atomic mass is 9.99. The predicted octanol–water partition coefficient (Wildman–Crippen LogP) is 4.82. The van der Waals surface area contributed by atoms with Crippen molar-refractivity contribution in [2.75, 3.05) is 6.16 Å². The third-order valence-electron chi connectivity index (χ3n) is 4.30. The van der Waals surface area contributed by atoms with Gasteiger partial charge in [-0.05, 0) is 46.7 Å². The van der Waals surface area contributed by atoms with Gasteiger partial charge < -0.3 is 14.9 Å². The van der Waals surface area contributed by atoms with Gasteiger partial charge in [-0.25, -0.2) is 0 Å². The highest BCUT2D eigenvalue weighted by Crippen LogP contribution is 2.36. The molecule has 0 aliphatic heterocycles. The Labute approximate surface area is 183 Å². The number of benzene rings is 2. The Kier molecular flexibility index (Phi) is 7.45. The maximum Gasteiger partial charge on any atom is 0.308 e. The molecular weight excluding hydrogens is 445 g/mol. The fourth-order valence-corrected chi connectivity index (χ4v) is 4.91. The lowest BCUT2D eigenvalue weighted by Gasteiger charge is -2.14. The Hall–Kier alpha value is -2.44. The fraction of sp³-hybridized carbons (Fsp3) is 0.143. The third-order valence-corrected chi connectivity index (χ3v) is 6.27. The molecule has 0 aliphatic rings. The Morgan fingerprint density at radius 3 is 2.80 bits per heavy atom. The molecule has 3 rings (SSSR count). The summed E-state index contributed by atoms with van der Waals surface area (Å²) in [4.78, 5) is 33.6. The molecule has 30 heavy (non-hydrogen) atoms. The van der Waals surface area contributed by atoms with Crippen molar-refractivity contribution in [3.63, 3.8) is 0 Å². The first-order chi connectivity index (χ1) is 14.3. The van der Waals surface area contributed by atoms with Crippen LogP contribution >= 0.6 is 31.0 Å². The zero-order valence-electron chi connectivity index (χ0n) is 15.9. The van der Waals surface area contributed by atoms with E-state index in [2.05, 4.69) is 5.32 Å². The predicted molar refractivity (Wildman–Crippen MR) is 121 cm³/mol. The number of carbonyl (C=O) groups excluding carboxylic acids is 2. The van der Waals surface area contributed by atoms with Gasteiger partial charge >= 0.3 is 5.97 Å². The van der Waals surface area contributed by atoms with Crippen LogP contribution in [0.15, 0.2) is 54.0 Å². The van der Waals surface area contributed by atoms with Crippen LogP contribution in [0.2, 0.25) is 5.02 Å². The lowest BCUT2D eigenvalue weighted by Crippen LogP contribution is -2.26. The van der Waals surface area contributed by atoms with Crippen molar-refractivity contribution in [3.05, 3.63) is 70.2 Å². The summed E-state index contributed by atoms with van der Waals surface area (Å²) in [5.74, 6) is -1.30. The summed E-state index contributed by atoms with van der Waals surface area (Å²) >= 11 is 7.54. The quantitative estimate of drug-likeness (QED) is 0.298. The first-order valence-electron chi connectivity index (χ1n) is 8.98. The first-order valence-corrected chi connectivity index (χ1v) is 11.8. The van der Waals surface area contributed by atoms with E-state index in [4.69, 9.17) is 16.3 Å². The number of halogens is 1. The van der Waals surface area contributed by atoms with Gasteiger partial charge in [-0.2, -0.15) is 0 Å². The number of rotatable bonds is 7. The number of fused-ring (bicyclic) bond motifs is 1. The van der Waals surface area contributed by atoms with Crippen LogP contribution in [0.5, 0.6) is 5.75 Å². The van der Waals surface area contributed by atoms with Crippen molar-refractivity contribution >= 4 is 59.0 Å². The maximum atomic E-state index is 12.8. The summed E-state index contributed by atoms with van der Waals surface area (Å²) in [6.45, 7) is 1.31. The molecule has 0 radical (unpaired) electrons. The minimum absolute atomic E-state index is 0.174. The smallest absolute Gasteiger partial charge is 0.308 e. The van der Waals surface area contributed by atoms with E-state index < -0.39 is 25.8 Å². The SMILES string of the molecule is CC(=O)Oc1ccccc1/C=C/NC(=O)C(C[PH](=O)O)c1csc2ccc(Cl)cc12. The fourth-order valence-electron chi connectivity index (χ4n) is 2.99. The van der Waals surface area contributed by atoms with Gasteiger partial charge in [-0.3, -0.25) is 14.2 Å². The molecular formula is C21H19ClNO5PS. The molecule has 156 valence electrons. The highest BCUT2D eigenvalue weighted by molar-refractivity contribution is 7.38. The highest BCUT2D eigenvalue weighted by Gasteiger charge is 2.25. The number of nitrogens with one attached hydrogen (secondary N) is 1. The number of ether oxygens (including phenoxy) is 1. The van der Waals surface area contributed by atoms with Gasteiger partial charge in [0, 0.05) is 34.6 Å². The van der Waals surface area contributed by atoms with Crippen LogP contribution in [0.1, 0.15) is 24.0 Å². The molecule has 0 saturated carbocycles. The summed E-state index contributed by atoms with van der Waals surface area (Å²) in [5, 5.41) is 5.80. The summed E-state index contributed by atoms with van der Waals surface area (Å²) in [6.07, 6.45) is 2.85. The zero-order valence-corrected chi connectivity index (χ0v) is 18.5. The molecule has 2 N–H and O–H groups in total. The van der Waals surface area contributed by atoms with E-state index in [0.29, 0.717) is 21.9 Å². The Balaban J connectivity index is 1.83. The molecule has 0 bridgehead atoms. The molecule has 2 unspecified atom stereocenters. The molecule has 1 amide bonds. The summed E-state index contributed by atoms with van der Waals surface area (Å²) in [6, 6.07) is 12.3. The van der Waals surface area contributed by atoms with E-state index in [0.717, 1.165) is 10.1 Å². The van der Waals surface area contributed by atoms with Crippen molar-refractivity contribution in [2.45, 2.75) is 12.8 Å². The highest BCUT2D eigenvalue weighted by atomic mass is 35.5. The number of carbonyl (C=O) groups is 2. The van der Waals surface area contributed by atoms with Crippen molar-refractivity contribution in [2.24, 2.45) is 0 Å². The van der Waals surface area contributed by atoms with Crippen LogP contribution in [0.3, 0.4) is 0 Å². The maximum absolute atomic E-state index is 12.8. The molecule has 0 fully saturated rings. The average molecular weight is 464 g/mol. The van der Waals surface area contributed by atoms with Crippen LogP contribution in [0, 0.1) is 0 Å². The van der Waals surface area contributed by atoms with Crippen LogP contribution < -0.4 is 10.1 Å². The third kappa shape index (κ3) is 5.58. The molecule has 3 aromatic rings. The van der Waals surface area contributed by atoms with Crippen LogP contribution in [0.4, 0.5) is 0 Å². The Bertz CT molecular complexity index is 1140. The van der Waals surface area contributed by atoms with E-state index in [1.54, 1.807) is 42.5 Å². The summed E-state index contributed by atoms with van der Waals surface area (Å²) in [5.41, 5.74) is 1.27. The largest absolute Gasteiger partial charge is 0.426 e. The van der Waals surface area contributed by atoms with E-state index in [1.807, 2.05) is 11.4 Å². The number of thiophene rings is 1. The van der Waals surface area contributed by atoms with E-state index in [1.165, 1.54) is 24.5 Å². The standard InChI is InChI=1S/C21H19ClNO5PS/c1-13(24)28-19-5-3-2-4-14(19)8-9-23-21(25)17(11-29(26)27)18-12-30-20-7-6-15(22)10-16(18)20/h2-10,12,17,29H,11H2,1H3,(H,23,25)(H,26,27)/b9-8+. The molecule has 2 aromatic carbocycles. The van der Waals surface area contributed by atoms with Crippen LogP contribution in [-0.2, 0) is 14.2 Å². The minimum atomic E-state index is -2.90. The molecule has 1 aromatic heterocycles. The minimum Gasteiger partial charge on any atom is -0.426 e. The number of hydrogen-bond acceptors (Lipinski definition) is 5. The van der Waals surface area contributed by atoms with E-state index in [-0.39, 0.29) is 6.16 Å². The van der Waals surface area contributed by atoms with Gasteiger partial charge in [-0.15, -0.1) is 11.3 Å². The average Bonchev–Trinajstić information content (AvgIpc) is 3.09.